The van der Waals surface area contributed by atoms with Crippen LogP contribution in [0.15, 0.2) is 24.3 Å². The predicted octanol–water partition coefficient (Wildman–Crippen LogP) is 0.802. The quantitative estimate of drug-likeness (QED) is 0.842. The van der Waals surface area contributed by atoms with Crippen LogP contribution in [0.2, 0.25) is 0 Å². The van der Waals surface area contributed by atoms with Gasteiger partial charge in [0.25, 0.3) is 5.91 Å². The number of nitrogens with zero attached hydrogens (tertiary/aromatic N) is 4. The third-order valence-electron chi connectivity index (χ3n) is 2.90. The summed E-state index contributed by atoms with van der Waals surface area (Å²) in [5, 5.41) is 22.4. The Morgan fingerprint density at radius 1 is 1.38 bits per heavy atom. The van der Waals surface area contributed by atoms with Gasteiger partial charge in [0.1, 0.15) is 6.54 Å². The van der Waals surface area contributed by atoms with Crippen molar-refractivity contribution in [3.8, 4) is 11.4 Å². The van der Waals surface area contributed by atoms with E-state index in [4.69, 9.17) is 5.11 Å². The summed E-state index contributed by atoms with van der Waals surface area (Å²) in [6.07, 6.45) is 0. The molecule has 0 unspecified atom stereocenters. The van der Waals surface area contributed by atoms with Gasteiger partial charge in [0.2, 0.25) is 5.82 Å². The molecule has 0 radical (unpaired) electrons. The number of tetrazole rings is 1. The van der Waals surface area contributed by atoms with Crippen molar-refractivity contribution in [2.24, 2.45) is 0 Å². The molecule has 0 aliphatic heterocycles. The maximum atomic E-state index is 12.4. The van der Waals surface area contributed by atoms with Crippen molar-refractivity contribution in [1.29, 1.82) is 0 Å². The number of carboxylic acid groups (broad SMARTS) is 1. The van der Waals surface area contributed by atoms with Crippen LogP contribution in [0.25, 0.3) is 11.4 Å². The summed E-state index contributed by atoms with van der Waals surface area (Å²) in [4.78, 5) is 24.6. The Kier molecular flexibility index (Phi) is 4.27. The van der Waals surface area contributed by atoms with Gasteiger partial charge in [-0.05, 0) is 31.2 Å². The van der Waals surface area contributed by atoms with Crippen LogP contribution in [0.1, 0.15) is 24.2 Å². The van der Waals surface area contributed by atoms with Gasteiger partial charge < -0.3 is 10.0 Å². The fourth-order valence-electron chi connectivity index (χ4n) is 1.88. The summed E-state index contributed by atoms with van der Waals surface area (Å²) in [6.45, 7) is 3.19. The average molecular weight is 289 g/mol. The first-order valence-corrected chi connectivity index (χ1v) is 6.35. The van der Waals surface area contributed by atoms with Gasteiger partial charge in [0.05, 0.1) is 0 Å². The smallest absolute Gasteiger partial charge is 0.323 e. The molecule has 1 amide bonds. The molecule has 0 aliphatic carbocycles. The number of H-pyrrole nitrogens is 1. The molecule has 0 fully saturated rings. The van der Waals surface area contributed by atoms with Gasteiger partial charge in [-0.1, -0.05) is 12.1 Å². The summed E-state index contributed by atoms with van der Waals surface area (Å²) in [5.74, 6) is -1.02. The number of rotatable bonds is 5. The van der Waals surface area contributed by atoms with E-state index in [1.807, 2.05) is 0 Å². The summed E-state index contributed by atoms with van der Waals surface area (Å²) in [6, 6.07) is 6.46. The number of aromatic amines is 1. The summed E-state index contributed by atoms with van der Waals surface area (Å²) in [7, 11) is 0. The molecule has 1 aromatic heterocycles. The molecule has 2 aromatic rings. The lowest BCUT2D eigenvalue weighted by Gasteiger charge is -2.25. The molecule has 0 bridgehead atoms. The van der Waals surface area contributed by atoms with Crippen molar-refractivity contribution < 1.29 is 14.7 Å². The first-order valence-electron chi connectivity index (χ1n) is 6.35. The molecule has 0 saturated carbocycles. The van der Waals surface area contributed by atoms with E-state index in [2.05, 4.69) is 20.6 Å². The van der Waals surface area contributed by atoms with Crippen LogP contribution in [0.4, 0.5) is 0 Å². The molecule has 110 valence electrons. The lowest BCUT2D eigenvalue weighted by molar-refractivity contribution is -0.138. The number of benzene rings is 1. The number of aromatic nitrogens is 4. The third kappa shape index (κ3) is 3.41. The van der Waals surface area contributed by atoms with Gasteiger partial charge in [-0.3, -0.25) is 9.59 Å². The zero-order valence-electron chi connectivity index (χ0n) is 11.6. The maximum absolute atomic E-state index is 12.4. The molecule has 8 nitrogen and oxygen atoms in total. The molecule has 0 aliphatic rings. The zero-order chi connectivity index (χ0) is 15.4. The Balaban J connectivity index is 2.30. The van der Waals surface area contributed by atoms with Gasteiger partial charge in [-0.2, -0.15) is 5.21 Å². The fourth-order valence-corrected chi connectivity index (χ4v) is 1.88. The second-order valence-corrected chi connectivity index (χ2v) is 4.74. The second kappa shape index (κ2) is 6.12. The average Bonchev–Trinajstić information content (AvgIpc) is 2.98. The lowest BCUT2D eigenvalue weighted by Crippen LogP contribution is -2.40. The number of carbonyl (C=O) groups excluding carboxylic acids is 1. The minimum absolute atomic E-state index is 0.220. The number of hydrogen-bond acceptors (Lipinski definition) is 5. The first-order chi connectivity index (χ1) is 9.99. The van der Waals surface area contributed by atoms with E-state index in [0.717, 1.165) is 0 Å². The largest absolute Gasteiger partial charge is 0.480 e. The highest BCUT2D eigenvalue weighted by Gasteiger charge is 2.21. The van der Waals surface area contributed by atoms with Gasteiger partial charge in [-0.25, -0.2) is 0 Å². The van der Waals surface area contributed by atoms with Crippen LogP contribution in [0.3, 0.4) is 0 Å². The summed E-state index contributed by atoms with van der Waals surface area (Å²) >= 11 is 0. The predicted molar refractivity (Wildman–Crippen MR) is 73.4 cm³/mol. The number of amides is 1. The Morgan fingerprint density at radius 3 is 2.71 bits per heavy atom. The Morgan fingerprint density at radius 2 is 2.14 bits per heavy atom. The van der Waals surface area contributed by atoms with Gasteiger partial charge in [-0.15, -0.1) is 10.2 Å². The van der Waals surface area contributed by atoms with E-state index < -0.39 is 5.97 Å². The summed E-state index contributed by atoms with van der Waals surface area (Å²) in [5.41, 5.74) is 1.01. The highest BCUT2D eigenvalue weighted by atomic mass is 16.4. The molecule has 0 atom stereocenters. The summed E-state index contributed by atoms with van der Waals surface area (Å²) < 4.78 is 0. The van der Waals surface area contributed by atoms with E-state index >= 15 is 0 Å². The molecule has 1 heterocycles. The van der Waals surface area contributed by atoms with Crippen LogP contribution >= 0.6 is 0 Å². The van der Waals surface area contributed by atoms with Crippen molar-refractivity contribution in [1.82, 2.24) is 25.5 Å². The van der Waals surface area contributed by atoms with E-state index in [0.29, 0.717) is 17.0 Å². The van der Waals surface area contributed by atoms with Crippen LogP contribution in [0, 0.1) is 0 Å². The molecule has 2 rings (SSSR count). The van der Waals surface area contributed by atoms with E-state index in [1.165, 1.54) is 4.90 Å². The van der Waals surface area contributed by atoms with E-state index in [1.54, 1.807) is 38.1 Å². The van der Waals surface area contributed by atoms with Gasteiger partial charge >= 0.3 is 5.97 Å². The molecule has 2 N–H and O–H groups in total. The van der Waals surface area contributed by atoms with Crippen molar-refractivity contribution in [3.63, 3.8) is 0 Å². The number of nitrogens with one attached hydrogen (secondary N) is 1. The normalized spacial score (nSPS) is 10.6. The molecule has 0 saturated heterocycles. The molecular formula is C13H15N5O3. The third-order valence-corrected chi connectivity index (χ3v) is 2.90. The topological polar surface area (TPSA) is 112 Å². The Bertz CT molecular complexity index is 639. The van der Waals surface area contributed by atoms with E-state index in [9.17, 15) is 9.59 Å². The van der Waals surface area contributed by atoms with Crippen molar-refractivity contribution in [3.05, 3.63) is 29.8 Å². The van der Waals surface area contributed by atoms with E-state index in [-0.39, 0.29) is 18.5 Å². The Hall–Kier alpha value is -2.77. The molecule has 1 aromatic carbocycles. The zero-order valence-corrected chi connectivity index (χ0v) is 11.6. The molecule has 0 spiro atoms. The van der Waals surface area contributed by atoms with Gasteiger partial charge in [0.15, 0.2) is 0 Å². The van der Waals surface area contributed by atoms with Gasteiger partial charge in [0, 0.05) is 17.2 Å². The highest BCUT2D eigenvalue weighted by Crippen LogP contribution is 2.17. The SMILES string of the molecule is CC(C)N(CC(=O)O)C(=O)c1cccc(-c2nn[nH]n2)c1. The number of carboxylic acids is 1. The number of carbonyl (C=O) groups is 2. The van der Waals surface area contributed by atoms with Crippen LogP contribution in [-0.4, -0.2) is 55.1 Å². The van der Waals surface area contributed by atoms with Crippen LogP contribution in [-0.2, 0) is 4.79 Å². The standard InChI is InChI=1S/C13H15N5O3/c1-8(2)18(7-11(19)20)13(21)10-5-3-4-9(6-10)12-14-16-17-15-12/h3-6,8H,7H2,1-2H3,(H,19,20)(H,14,15,16,17). The minimum atomic E-state index is -1.05. The molecular weight excluding hydrogens is 274 g/mol. The van der Waals surface area contributed by atoms with Crippen molar-refractivity contribution in [2.45, 2.75) is 19.9 Å². The number of hydrogen-bond donors (Lipinski definition) is 2. The van der Waals surface area contributed by atoms with Crippen LogP contribution in [0.5, 0.6) is 0 Å². The number of aliphatic carboxylic acids is 1. The highest BCUT2D eigenvalue weighted by molar-refractivity contribution is 5.97. The minimum Gasteiger partial charge on any atom is -0.480 e. The van der Waals surface area contributed by atoms with Crippen molar-refractivity contribution >= 4 is 11.9 Å². The monoisotopic (exact) mass is 289 g/mol. The van der Waals surface area contributed by atoms with Crippen LogP contribution < -0.4 is 0 Å². The lowest BCUT2D eigenvalue weighted by atomic mass is 10.1. The molecule has 8 heteroatoms. The van der Waals surface area contributed by atoms with Crippen molar-refractivity contribution in [2.75, 3.05) is 6.54 Å². The first kappa shape index (κ1) is 14.6. The maximum Gasteiger partial charge on any atom is 0.323 e. The second-order valence-electron chi connectivity index (χ2n) is 4.74. The Labute approximate surface area is 120 Å². The molecule has 21 heavy (non-hydrogen) atoms. The fraction of sp³-hybridized carbons (Fsp3) is 0.308.